The Bertz CT molecular complexity index is 297. The van der Waals surface area contributed by atoms with Crippen LogP contribution in [0.3, 0.4) is 0 Å². The molecule has 13 heavy (non-hydrogen) atoms. The largest absolute Gasteiger partial charge is 0.355 e. The standard InChI is InChI=1S/C10H13FN2/c1-10(2)6-13(7-10)9-4-3-8(11)5-12-9/h3-5H,6-7H2,1-2H3. The minimum atomic E-state index is -0.275. The number of anilines is 1. The Morgan fingerprint density at radius 3 is 2.54 bits per heavy atom. The van der Waals surface area contributed by atoms with Crippen LogP contribution in [0.25, 0.3) is 0 Å². The van der Waals surface area contributed by atoms with Gasteiger partial charge in [0, 0.05) is 13.1 Å². The van der Waals surface area contributed by atoms with Gasteiger partial charge in [-0.1, -0.05) is 13.8 Å². The molecule has 0 unspecified atom stereocenters. The highest BCUT2D eigenvalue weighted by Crippen LogP contribution is 2.31. The maximum Gasteiger partial charge on any atom is 0.141 e. The van der Waals surface area contributed by atoms with Crippen molar-refractivity contribution in [2.24, 2.45) is 5.41 Å². The third kappa shape index (κ3) is 1.64. The molecule has 0 bridgehead atoms. The van der Waals surface area contributed by atoms with Crippen molar-refractivity contribution in [3.8, 4) is 0 Å². The fourth-order valence-corrected chi connectivity index (χ4v) is 1.70. The lowest BCUT2D eigenvalue weighted by atomic mass is 9.84. The molecule has 2 rings (SSSR count). The zero-order chi connectivity index (χ0) is 9.47. The number of halogens is 1. The molecule has 2 nitrogen and oxygen atoms in total. The molecule has 0 saturated carbocycles. The number of rotatable bonds is 1. The highest BCUT2D eigenvalue weighted by molar-refractivity contribution is 5.42. The Balaban J connectivity index is 2.08. The van der Waals surface area contributed by atoms with Gasteiger partial charge in [0.05, 0.1) is 6.20 Å². The van der Waals surface area contributed by atoms with Gasteiger partial charge in [0.2, 0.25) is 0 Å². The average molecular weight is 180 g/mol. The molecule has 0 atom stereocenters. The summed E-state index contributed by atoms with van der Waals surface area (Å²) in [6, 6.07) is 3.18. The second-order valence-electron chi connectivity index (χ2n) is 4.35. The first-order valence-corrected chi connectivity index (χ1v) is 4.43. The minimum absolute atomic E-state index is 0.275. The fourth-order valence-electron chi connectivity index (χ4n) is 1.70. The zero-order valence-electron chi connectivity index (χ0n) is 7.92. The Morgan fingerprint density at radius 1 is 1.38 bits per heavy atom. The van der Waals surface area contributed by atoms with Crippen LogP contribution in [0, 0.1) is 11.2 Å². The van der Waals surface area contributed by atoms with Crippen LogP contribution in [0.2, 0.25) is 0 Å². The molecule has 1 fully saturated rings. The van der Waals surface area contributed by atoms with Gasteiger partial charge in [-0.2, -0.15) is 0 Å². The summed E-state index contributed by atoms with van der Waals surface area (Å²) in [4.78, 5) is 6.17. The van der Waals surface area contributed by atoms with Gasteiger partial charge in [-0.3, -0.25) is 0 Å². The van der Waals surface area contributed by atoms with Crippen molar-refractivity contribution in [2.45, 2.75) is 13.8 Å². The number of nitrogens with zero attached hydrogens (tertiary/aromatic N) is 2. The van der Waals surface area contributed by atoms with E-state index in [0.717, 1.165) is 18.9 Å². The third-order valence-corrected chi connectivity index (χ3v) is 2.27. The summed E-state index contributed by atoms with van der Waals surface area (Å²) in [6.45, 7) is 6.44. The van der Waals surface area contributed by atoms with E-state index in [4.69, 9.17) is 0 Å². The Labute approximate surface area is 77.4 Å². The number of pyridine rings is 1. The van der Waals surface area contributed by atoms with Crippen molar-refractivity contribution in [3.05, 3.63) is 24.1 Å². The van der Waals surface area contributed by atoms with E-state index in [1.807, 2.05) is 0 Å². The zero-order valence-corrected chi connectivity index (χ0v) is 7.92. The van der Waals surface area contributed by atoms with Crippen LogP contribution >= 0.6 is 0 Å². The quantitative estimate of drug-likeness (QED) is 0.657. The molecule has 0 aromatic carbocycles. The number of hydrogen-bond acceptors (Lipinski definition) is 2. The predicted molar refractivity (Wildman–Crippen MR) is 50.2 cm³/mol. The van der Waals surface area contributed by atoms with E-state index < -0.39 is 0 Å². The molecule has 0 amide bonds. The van der Waals surface area contributed by atoms with E-state index in [0.29, 0.717) is 5.41 Å². The lowest BCUT2D eigenvalue weighted by Gasteiger charge is -2.46. The van der Waals surface area contributed by atoms with E-state index in [1.165, 1.54) is 12.3 Å². The SMILES string of the molecule is CC1(C)CN(c2ccc(F)cn2)C1. The summed E-state index contributed by atoms with van der Waals surface area (Å²) in [5, 5.41) is 0. The molecule has 2 heterocycles. The molecule has 1 aromatic heterocycles. The van der Waals surface area contributed by atoms with Gasteiger partial charge in [0.15, 0.2) is 0 Å². The molecule has 1 aliphatic rings. The Hall–Kier alpha value is -1.12. The van der Waals surface area contributed by atoms with Crippen LogP contribution in [-0.2, 0) is 0 Å². The van der Waals surface area contributed by atoms with E-state index in [1.54, 1.807) is 6.07 Å². The number of hydrogen-bond donors (Lipinski definition) is 0. The van der Waals surface area contributed by atoms with Crippen molar-refractivity contribution in [1.29, 1.82) is 0 Å². The van der Waals surface area contributed by atoms with Gasteiger partial charge in [-0.05, 0) is 17.5 Å². The average Bonchev–Trinajstić information content (AvgIpc) is 2.01. The normalized spacial score (nSPS) is 19.8. The second-order valence-corrected chi connectivity index (χ2v) is 4.35. The first kappa shape index (κ1) is 8.48. The Kier molecular flexibility index (Phi) is 1.75. The van der Waals surface area contributed by atoms with Crippen LogP contribution < -0.4 is 4.90 Å². The molecule has 1 aromatic rings. The molecule has 0 aliphatic carbocycles. The van der Waals surface area contributed by atoms with Crippen molar-refractivity contribution in [3.63, 3.8) is 0 Å². The van der Waals surface area contributed by atoms with Crippen LogP contribution in [-0.4, -0.2) is 18.1 Å². The van der Waals surface area contributed by atoms with Gasteiger partial charge in [0.25, 0.3) is 0 Å². The summed E-state index contributed by atoms with van der Waals surface area (Å²) in [6.07, 6.45) is 1.26. The molecule has 70 valence electrons. The molecule has 1 aliphatic heterocycles. The van der Waals surface area contributed by atoms with Gasteiger partial charge < -0.3 is 4.90 Å². The predicted octanol–water partition coefficient (Wildman–Crippen LogP) is 2.07. The van der Waals surface area contributed by atoms with Crippen LogP contribution in [0.1, 0.15) is 13.8 Å². The van der Waals surface area contributed by atoms with Gasteiger partial charge in [-0.25, -0.2) is 9.37 Å². The summed E-state index contributed by atoms with van der Waals surface area (Å²) < 4.78 is 12.5. The first-order chi connectivity index (χ1) is 6.07. The minimum Gasteiger partial charge on any atom is -0.355 e. The second kappa shape index (κ2) is 2.69. The molecule has 0 radical (unpaired) electrons. The monoisotopic (exact) mass is 180 g/mol. The van der Waals surface area contributed by atoms with Gasteiger partial charge >= 0.3 is 0 Å². The van der Waals surface area contributed by atoms with E-state index in [-0.39, 0.29) is 5.82 Å². The summed E-state index contributed by atoms with van der Waals surface area (Å²) in [7, 11) is 0. The third-order valence-electron chi connectivity index (χ3n) is 2.27. The lowest BCUT2D eigenvalue weighted by molar-refractivity contribution is 0.274. The highest BCUT2D eigenvalue weighted by atomic mass is 19.1. The van der Waals surface area contributed by atoms with Crippen molar-refractivity contribution in [1.82, 2.24) is 4.98 Å². The van der Waals surface area contributed by atoms with Crippen LogP contribution in [0.5, 0.6) is 0 Å². The van der Waals surface area contributed by atoms with E-state index in [2.05, 4.69) is 23.7 Å². The van der Waals surface area contributed by atoms with Crippen molar-refractivity contribution < 1.29 is 4.39 Å². The van der Waals surface area contributed by atoms with E-state index >= 15 is 0 Å². The lowest BCUT2D eigenvalue weighted by Crippen LogP contribution is -2.53. The first-order valence-electron chi connectivity index (χ1n) is 4.43. The smallest absolute Gasteiger partial charge is 0.141 e. The summed E-state index contributed by atoms with van der Waals surface area (Å²) in [5.41, 5.74) is 0.385. The van der Waals surface area contributed by atoms with Crippen molar-refractivity contribution in [2.75, 3.05) is 18.0 Å². The van der Waals surface area contributed by atoms with Gasteiger partial charge in [-0.15, -0.1) is 0 Å². The Morgan fingerprint density at radius 2 is 2.08 bits per heavy atom. The molecular weight excluding hydrogens is 167 g/mol. The maximum atomic E-state index is 12.5. The van der Waals surface area contributed by atoms with Crippen LogP contribution in [0.15, 0.2) is 18.3 Å². The molecule has 3 heteroatoms. The molecule has 0 spiro atoms. The van der Waals surface area contributed by atoms with Crippen molar-refractivity contribution >= 4 is 5.82 Å². The summed E-state index contributed by atoms with van der Waals surface area (Å²) >= 11 is 0. The molecule has 1 saturated heterocycles. The highest BCUT2D eigenvalue weighted by Gasteiger charge is 2.34. The maximum absolute atomic E-state index is 12.5. The molecule has 0 N–H and O–H groups in total. The fraction of sp³-hybridized carbons (Fsp3) is 0.500. The molecular formula is C10H13FN2. The number of aromatic nitrogens is 1. The topological polar surface area (TPSA) is 16.1 Å². The summed E-state index contributed by atoms with van der Waals surface area (Å²) in [5.74, 6) is 0.601. The van der Waals surface area contributed by atoms with Gasteiger partial charge in [0.1, 0.15) is 11.6 Å². The van der Waals surface area contributed by atoms with Crippen LogP contribution in [0.4, 0.5) is 10.2 Å². The van der Waals surface area contributed by atoms with E-state index in [9.17, 15) is 4.39 Å².